The highest BCUT2D eigenvalue weighted by Gasteiger charge is 2.16. The van der Waals surface area contributed by atoms with E-state index in [-0.39, 0.29) is 0 Å². The van der Waals surface area contributed by atoms with E-state index in [1.807, 2.05) is 18.2 Å². The first-order chi connectivity index (χ1) is 9.27. The number of benzene rings is 2. The summed E-state index contributed by atoms with van der Waals surface area (Å²) in [6.07, 6.45) is 0. The van der Waals surface area contributed by atoms with E-state index < -0.39 is 5.03 Å². The van der Waals surface area contributed by atoms with Gasteiger partial charge in [-0.05, 0) is 24.3 Å². The second-order valence-corrected chi connectivity index (χ2v) is 3.53. The Morgan fingerprint density at radius 2 is 1.58 bits per heavy atom. The first kappa shape index (κ1) is 12.5. The zero-order valence-corrected chi connectivity index (χ0v) is 9.88. The van der Waals surface area contributed by atoms with E-state index in [0.29, 0.717) is 16.5 Å². The molecule has 0 heterocycles. The number of hydrazine groups is 1. The van der Waals surface area contributed by atoms with E-state index >= 15 is 0 Å². The summed E-state index contributed by atoms with van der Waals surface area (Å²) in [7, 11) is 0. The highest BCUT2D eigenvalue weighted by atomic mass is 16.7. The van der Waals surface area contributed by atoms with Crippen LogP contribution >= 0.6 is 0 Å². The van der Waals surface area contributed by atoms with E-state index in [2.05, 4.69) is 15.9 Å². The Morgan fingerprint density at radius 1 is 1.00 bits per heavy atom. The summed E-state index contributed by atoms with van der Waals surface area (Å²) in [5.74, 6) is 0. The third kappa shape index (κ3) is 3.50. The molecule has 7 nitrogen and oxygen atoms in total. The van der Waals surface area contributed by atoms with Gasteiger partial charge >= 0.3 is 0 Å². The maximum atomic E-state index is 10.9. The Kier molecular flexibility index (Phi) is 4.01. The lowest BCUT2D eigenvalue weighted by Crippen LogP contribution is -2.23. The summed E-state index contributed by atoms with van der Waals surface area (Å²) >= 11 is 0. The molecule has 0 aromatic heterocycles. The van der Waals surface area contributed by atoms with Crippen LogP contribution in [0.15, 0.2) is 71.1 Å². The highest BCUT2D eigenvalue weighted by Crippen LogP contribution is 2.14. The zero-order valence-electron chi connectivity index (χ0n) is 9.88. The third-order valence-electron chi connectivity index (χ3n) is 2.22. The second kappa shape index (κ2) is 6.10. The normalized spacial score (nSPS) is 10.3. The summed E-state index contributed by atoms with van der Waals surface area (Å²) < 4.78 is 0. The first-order valence-electron chi connectivity index (χ1n) is 5.48. The Bertz CT molecular complexity index is 559. The van der Waals surface area contributed by atoms with Crippen LogP contribution in [0.1, 0.15) is 0 Å². The number of nitrogens with zero attached hydrogens (tertiary/aromatic N) is 4. The van der Waals surface area contributed by atoms with Gasteiger partial charge in [-0.15, -0.1) is 0 Å². The molecule has 0 spiro atoms. The molecule has 0 saturated heterocycles. The predicted molar refractivity (Wildman–Crippen MR) is 70.8 cm³/mol. The van der Waals surface area contributed by atoms with Crippen LogP contribution < -0.4 is 10.5 Å². The number of rotatable bonds is 5. The molecule has 2 rings (SSSR count). The molecule has 1 N–H and O–H groups in total. The monoisotopic (exact) mass is 257 g/mol. The van der Waals surface area contributed by atoms with E-state index in [9.17, 15) is 10.1 Å². The average Bonchev–Trinajstić information content (AvgIpc) is 2.45. The van der Waals surface area contributed by atoms with Crippen molar-refractivity contribution in [1.29, 1.82) is 0 Å². The standard InChI is InChI=1S/C12H11N5O2/c18-17(19)16(12-9-5-2-6-10-12)15-14-13-11-7-3-1-4-8-11/h1-10H,(H,13,15). The number of hydrogen-bond acceptors (Lipinski definition) is 4. The molecule has 0 aliphatic rings. The topological polar surface area (TPSA) is 83.1 Å². The predicted octanol–water partition coefficient (Wildman–Crippen LogP) is 3.08. The van der Waals surface area contributed by atoms with Crippen molar-refractivity contribution in [2.24, 2.45) is 10.4 Å². The van der Waals surface area contributed by atoms with Crippen LogP contribution in [0.25, 0.3) is 0 Å². The molecule has 96 valence electrons. The van der Waals surface area contributed by atoms with Crippen molar-refractivity contribution in [2.75, 3.05) is 10.5 Å². The van der Waals surface area contributed by atoms with E-state index in [1.165, 1.54) is 0 Å². The minimum absolute atomic E-state index is 0.325. The fraction of sp³-hybridized carbons (Fsp3) is 0. The van der Waals surface area contributed by atoms with Crippen molar-refractivity contribution >= 4 is 11.4 Å². The minimum Gasteiger partial charge on any atom is -0.339 e. The molecule has 2 aromatic rings. The fourth-order valence-electron chi connectivity index (χ4n) is 1.38. The van der Waals surface area contributed by atoms with Crippen LogP contribution in [-0.4, -0.2) is 5.03 Å². The van der Waals surface area contributed by atoms with Crippen molar-refractivity contribution in [1.82, 2.24) is 0 Å². The van der Waals surface area contributed by atoms with Gasteiger partial charge in [0.2, 0.25) is 5.22 Å². The Labute approximate surface area is 109 Å². The molecule has 2 aromatic carbocycles. The van der Waals surface area contributed by atoms with Gasteiger partial charge in [0, 0.05) is 0 Å². The molecule has 0 atom stereocenters. The van der Waals surface area contributed by atoms with Gasteiger partial charge in [0.15, 0.2) is 0 Å². The largest absolute Gasteiger partial charge is 0.339 e. The Hall–Kier alpha value is -2.96. The van der Waals surface area contributed by atoms with Gasteiger partial charge < -0.3 is 10.1 Å². The maximum Gasteiger partial charge on any atom is 0.201 e. The Morgan fingerprint density at radius 3 is 2.16 bits per heavy atom. The smallest absolute Gasteiger partial charge is 0.201 e. The molecule has 0 aliphatic heterocycles. The van der Waals surface area contributed by atoms with Crippen LogP contribution in [0.4, 0.5) is 11.4 Å². The highest BCUT2D eigenvalue weighted by molar-refractivity contribution is 5.43. The molecule has 0 bridgehead atoms. The maximum absolute atomic E-state index is 10.9. The molecule has 7 heteroatoms. The number of nitro groups is 1. The van der Waals surface area contributed by atoms with E-state index in [1.54, 1.807) is 42.5 Å². The lowest BCUT2D eigenvalue weighted by Gasteiger charge is -2.06. The minimum atomic E-state index is -0.647. The third-order valence-corrected chi connectivity index (χ3v) is 2.22. The van der Waals surface area contributed by atoms with Crippen molar-refractivity contribution in [3.8, 4) is 0 Å². The summed E-state index contributed by atoms with van der Waals surface area (Å²) in [6.45, 7) is 0. The molecule has 0 aliphatic carbocycles. The van der Waals surface area contributed by atoms with E-state index in [4.69, 9.17) is 0 Å². The van der Waals surface area contributed by atoms with Crippen LogP contribution in [0, 0.1) is 10.1 Å². The molecule has 0 fully saturated rings. The molecular formula is C12H11N5O2. The second-order valence-electron chi connectivity index (χ2n) is 3.53. The van der Waals surface area contributed by atoms with Gasteiger partial charge in [0.25, 0.3) is 0 Å². The van der Waals surface area contributed by atoms with Crippen LogP contribution in [0.5, 0.6) is 0 Å². The number of anilines is 2. The van der Waals surface area contributed by atoms with Gasteiger partial charge in [-0.1, -0.05) is 36.4 Å². The van der Waals surface area contributed by atoms with Crippen molar-refractivity contribution in [3.05, 3.63) is 70.8 Å². The Balaban J connectivity index is 2.08. The van der Waals surface area contributed by atoms with Gasteiger partial charge in [0.05, 0.1) is 21.1 Å². The van der Waals surface area contributed by atoms with Crippen LogP contribution in [0.2, 0.25) is 0 Å². The lowest BCUT2D eigenvalue weighted by molar-refractivity contribution is -0.496. The van der Waals surface area contributed by atoms with Crippen molar-refractivity contribution < 1.29 is 5.03 Å². The fourth-order valence-corrected chi connectivity index (χ4v) is 1.38. The van der Waals surface area contributed by atoms with Gasteiger partial charge in [-0.2, -0.15) is 0 Å². The molecule has 0 unspecified atom stereocenters. The average molecular weight is 257 g/mol. The summed E-state index contributed by atoms with van der Waals surface area (Å²) in [4.78, 5) is 10.9. The lowest BCUT2D eigenvalue weighted by atomic mass is 10.3. The van der Waals surface area contributed by atoms with Crippen LogP contribution in [-0.2, 0) is 0 Å². The molecular weight excluding hydrogens is 246 g/mol. The van der Waals surface area contributed by atoms with Gasteiger partial charge in [-0.25, -0.2) is 5.43 Å². The summed E-state index contributed by atoms with van der Waals surface area (Å²) in [5.41, 5.74) is 3.63. The molecule has 0 amide bonds. The van der Waals surface area contributed by atoms with Gasteiger partial charge in [0.1, 0.15) is 5.69 Å². The summed E-state index contributed by atoms with van der Waals surface area (Å²) in [6, 6.07) is 17.3. The molecule has 19 heavy (non-hydrogen) atoms. The van der Waals surface area contributed by atoms with Crippen LogP contribution in [0.3, 0.4) is 0 Å². The molecule has 0 radical (unpaired) electrons. The number of hydrogen-bond donors (Lipinski definition) is 1. The first-order valence-corrected chi connectivity index (χ1v) is 5.48. The quantitative estimate of drug-likeness (QED) is 0.507. The SMILES string of the molecule is O=[N+]([O-])N(N=NNc1ccccc1)c1ccccc1. The van der Waals surface area contributed by atoms with E-state index in [0.717, 1.165) is 0 Å². The van der Waals surface area contributed by atoms with Crippen molar-refractivity contribution in [2.45, 2.75) is 0 Å². The van der Waals surface area contributed by atoms with Gasteiger partial charge in [-0.3, -0.25) is 0 Å². The number of para-hydroxylation sites is 2. The molecule has 0 saturated carbocycles. The number of nitrogens with one attached hydrogen (secondary N) is 1. The summed E-state index contributed by atoms with van der Waals surface area (Å²) in [5, 5.41) is 18.0. The van der Waals surface area contributed by atoms with Crippen molar-refractivity contribution in [3.63, 3.8) is 0 Å². The zero-order chi connectivity index (χ0) is 13.5.